The Kier molecular flexibility index (Phi) is 4.90. The summed E-state index contributed by atoms with van der Waals surface area (Å²) in [5.74, 6) is -1.18. The molecular formula is C13H19NO3S. The van der Waals surface area contributed by atoms with E-state index in [9.17, 15) is 9.59 Å². The average Bonchev–Trinajstić information content (AvgIpc) is 2.73. The fraction of sp³-hybridized carbons (Fsp3) is 0.538. The van der Waals surface area contributed by atoms with E-state index in [0.717, 1.165) is 11.3 Å². The number of amides is 1. The number of carbonyl (C=O) groups excluding carboxylic acids is 1. The molecule has 0 aliphatic rings. The summed E-state index contributed by atoms with van der Waals surface area (Å²) in [5, 5.41) is 11.7. The highest BCUT2D eigenvalue weighted by molar-refractivity contribution is 7.11. The first-order chi connectivity index (χ1) is 8.35. The van der Waals surface area contributed by atoms with Gasteiger partial charge in [-0.15, -0.1) is 11.3 Å². The van der Waals surface area contributed by atoms with E-state index < -0.39 is 11.4 Å². The lowest BCUT2D eigenvalue weighted by molar-refractivity contribution is -0.149. The monoisotopic (exact) mass is 269 g/mol. The molecule has 0 unspecified atom stereocenters. The highest BCUT2D eigenvalue weighted by Crippen LogP contribution is 2.21. The Morgan fingerprint density at radius 3 is 2.44 bits per heavy atom. The Bertz CT molecular complexity index is 437. The fourth-order valence-electron chi connectivity index (χ4n) is 1.43. The fourth-order valence-corrected chi connectivity index (χ4v) is 2.33. The molecule has 0 bridgehead atoms. The minimum Gasteiger partial charge on any atom is -0.481 e. The maximum atomic E-state index is 11.6. The Morgan fingerprint density at radius 2 is 1.94 bits per heavy atom. The van der Waals surface area contributed by atoms with Crippen LogP contribution in [0.2, 0.25) is 0 Å². The van der Waals surface area contributed by atoms with Crippen molar-refractivity contribution in [1.82, 2.24) is 5.32 Å². The summed E-state index contributed by atoms with van der Waals surface area (Å²) >= 11 is 1.67. The zero-order chi connectivity index (χ0) is 13.8. The summed E-state index contributed by atoms with van der Waals surface area (Å²) in [6.07, 6.45) is 0.985. The largest absolute Gasteiger partial charge is 0.481 e. The molecule has 1 amide bonds. The second-order valence-electron chi connectivity index (χ2n) is 4.86. The van der Waals surface area contributed by atoms with Crippen molar-refractivity contribution in [1.29, 1.82) is 0 Å². The molecule has 0 radical (unpaired) electrons. The van der Waals surface area contributed by atoms with Crippen molar-refractivity contribution in [3.8, 4) is 0 Å². The van der Waals surface area contributed by atoms with E-state index in [0.29, 0.717) is 6.54 Å². The van der Waals surface area contributed by atoms with Crippen molar-refractivity contribution < 1.29 is 14.7 Å². The lowest BCUT2D eigenvalue weighted by atomic mass is 9.89. The third-order valence-corrected chi connectivity index (χ3v) is 3.94. The molecule has 2 N–H and O–H groups in total. The zero-order valence-electron chi connectivity index (χ0n) is 10.9. The molecule has 0 aromatic carbocycles. The topological polar surface area (TPSA) is 66.4 Å². The van der Waals surface area contributed by atoms with Gasteiger partial charge in [-0.25, -0.2) is 0 Å². The number of hydrogen-bond donors (Lipinski definition) is 2. The molecule has 1 aromatic rings. The molecule has 0 aliphatic heterocycles. The van der Waals surface area contributed by atoms with Gasteiger partial charge in [-0.1, -0.05) is 6.92 Å². The summed E-state index contributed by atoms with van der Waals surface area (Å²) in [6.45, 7) is 5.66. The van der Waals surface area contributed by atoms with Gasteiger partial charge in [0, 0.05) is 16.2 Å². The summed E-state index contributed by atoms with van der Waals surface area (Å²) in [4.78, 5) is 24.9. The minimum absolute atomic E-state index is 0.00561. The SMILES string of the molecule is CCc1ccc(CNC(=O)CC(C)(C)C(=O)O)s1. The van der Waals surface area contributed by atoms with E-state index in [1.807, 2.05) is 12.1 Å². The predicted molar refractivity (Wildman–Crippen MR) is 71.6 cm³/mol. The van der Waals surface area contributed by atoms with Gasteiger partial charge in [-0.2, -0.15) is 0 Å². The molecule has 1 aromatic heterocycles. The maximum Gasteiger partial charge on any atom is 0.309 e. The lowest BCUT2D eigenvalue weighted by Gasteiger charge is -2.17. The molecule has 0 saturated carbocycles. The standard InChI is InChI=1S/C13H19NO3S/c1-4-9-5-6-10(18-9)8-14-11(15)7-13(2,3)12(16)17/h5-6H,4,7-8H2,1-3H3,(H,14,15)(H,16,17). The highest BCUT2D eigenvalue weighted by atomic mass is 32.1. The van der Waals surface area contributed by atoms with Crippen LogP contribution in [0.3, 0.4) is 0 Å². The van der Waals surface area contributed by atoms with Gasteiger partial charge in [0.15, 0.2) is 0 Å². The number of hydrogen-bond acceptors (Lipinski definition) is 3. The van der Waals surface area contributed by atoms with Gasteiger partial charge in [0.1, 0.15) is 0 Å². The number of carbonyl (C=O) groups is 2. The van der Waals surface area contributed by atoms with Crippen LogP contribution < -0.4 is 5.32 Å². The van der Waals surface area contributed by atoms with Crippen LogP contribution in [0.25, 0.3) is 0 Å². The normalized spacial score (nSPS) is 11.3. The Hall–Kier alpha value is -1.36. The number of aryl methyl sites for hydroxylation is 1. The summed E-state index contributed by atoms with van der Waals surface area (Å²) < 4.78 is 0. The molecule has 100 valence electrons. The molecular weight excluding hydrogens is 250 g/mol. The third-order valence-electron chi connectivity index (χ3n) is 2.71. The van der Waals surface area contributed by atoms with Gasteiger partial charge < -0.3 is 10.4 Å². The first kappa shape index (κ1) is 14.7. The average molecular weight is 269 g/mol. The predicted octanol–water partition coefficient (Wildman–Crippen LogP) is 2.43. The second-order valence-corrected chi connectivity index (χ2v) is 6.12. The van der Waals surface area contributed by atoms with E-state index in [2.05, 4.69) is 12.2 Å². The van der Waals surface area contributed by atoms with Crippen LogP contribution >= 0.6 is 11.3 Å². The molecule has 0 aliphatic carbocycles. The summed E-state index contributed by atoms with van der Waals surface area (Å²) in [6, 6.07) is 4.04. The molecule has 18 heavy (non-hydrogen) atoms. The Morgan fingerprint density at radius 1 is 1.33 bits per heavy atom. The zero-order valence-corrected chi connectivity index (χ0v) is 11.8. The lowest BCUT2D eigenvalue weighted by Crippen LogP contribution is -2.32. The Balaban J connectivity index is 2.44. The third kappa shape index (κ3) is 4.14. The van der Waals surface area contributed by atoms with Crippen LogP contribution in [0.4, 0.5) is 0 Å². The van der Waals surface area contributed by atoms with Crippen molar-refractivity contribution in [2.45, 2.75) is 40.2 Å². The van der Waals surface area contributed by atoms with Crippen LogP contribution in [0, 0.1) is 5.41 Å². The Labute approximate surface area is 111 Å². The first-order valence-electron chi connectivity index (χ1n) is 5.93. The van der Waals surface area contributed by atoms with Crippen molar-refractivity contribution in [2.24, 2.45) is 5.41 Å². The van der Waals surface area contributed by atoms with Gasteiger partial charge in [0.25, 0.3) is 0 Å². The number of carboxylic acid groups (broad SMARTS) is 1. The van der Waals surface area contributed by atoms with Crippen LogP contribution in [-0.2, 0) is 22.6 Å². The maximum absolute atomic E-state index is 11.6. The van der Waals surface area contributed by atoms with E-state index in [1.165, 1.54) is 4.88 Å². The van der Waals surface area contributed by atoms with Crippen molar-refractivity contribution >= 4 is 23.2 Å². The van der Waals surface area contributed by atoms with E-state index >= 15 is 0 Å². The molecule has 0 atom stereocenters. The van der Waals surface area contributed by atoms with Gasteiger partial charge >= 0.3 is 5.97 Å². The highest BCUT2D eigenvalue weighted by Gasteiger charge is 2.29. The minimum atomic E-state index is -1.02. The molecule has 4 nitrogen and oxygen atoms in total. The van der Waals surface area contributed by atoms with Crippen molar-refractivity contribution in [3.05, 3.63) is 21.9 Å². The van der Waals surface area contributed by atoms with Crippen LogP contribution in [0.15, 0.2) is 12.1 Å². The molecule has 0 saturated heterocycles. The number of nitrogens with one attached hydrogen (secondary N) is 1. The van der Waals surface area contributed by atoms with E-state index in [-0.39, 0.29) is 12.3 Å². The molecule has 0 spiro atoms. The number of rotatable bonds is 6. The van der Waals surface area contributed by atoms with Crippen LogP contribution in [0.5, 0.6) is 0 Å². The first-order valence-corrected chi connectivity index (χ1v) is 6.74. The second kappa shape index (κ2) is 6.00. The van der Waals surface area contributed by atoms with E-state index in [4.69, 9.17) is 5.11 Å². The van der Waals surface area contributed by atoms with Gasteiger partial charge in [-0.3, -0.25) is 9.59 Å². The van der Waals surface area contributed by atoms with Crippen LogP contribution in [0.1, 0.15) is 36.9 Å². The molecule has 1 heterocycles. The van der Waals surface area contributed by atoms with E-state index in [1.54, 1.807) is 25.2 Å². The van der Waals surface area contributed by atoms with Crippen LogP contribution in [-0.4, -0.2) is 17.0 Å². The summed E-state index contributed by atoms with van der Waals surface area (Å²) in [5.41, 5.74) is -1.02. The van der Waals surface area contributed by atoms with Crippen molar-refractivity contribution in [2.75, 3.05) is 0 Å². The molecule has 5 heteroatoms. The number of aliphatic carboxylic acids is 1. The summed E-state index contributed by atoms with van der Waals surface area (Å²) in [7, 11) is 0. The van der Waals surface area contributed by atoms with Crippen molar-refractivity contribution in [3.63, 3.8) is 0 Å². The quantitative estimate of drug-likeness (QED) is 0.833. The van der Waals surface area contributed by atoms with Gasteiger partial charge in [0.05, 0.1) is 12.0 Å². The van der Waals surface area contributed by atoms with Gasteiger partial charge in [0.2, 0.25) is 5.91 Å². The molecule has 0 fully saturated rings. The number of carboxylic acids is 1. The smallest absolute Gasteiger partial charge is 0.309 e. The van der Waals surface area contributed by atoms with Gasteiger partial charge in [-0.05, 0) is 32.4 Å². The number of thiophene rings is 1. The molecule has 1 rings (SSSR count).